The van der Waals surface area contributed by atoms with Crippen LogP contribution in [0.15, 0.2) is 0 Å². The van der Waals surface area contributed by atoms with E-state index in [2.05, 4.69) is 10.1 Å². The predicted molar refractivity (Wildman–Crippen MR) is 57.8 cm³/mol. The Labute approximate surface area is 103 Å². The molecule has 1 aliphatic carbocycles. The number of halogens is 3. The van der Waals surface area contributed by atoms with Crippen molar-refractivity contribution in [2.75, 3.05) is 26.4 Å². The molecule has 7 heteroatoms. The molecule has 4 nitrogen and oxygen atoms in total. The molecule has 2 fully saturated rings. The quantitative estimate of drug-likeness (QED) is 0.779. The van der Waals surface area contributed by atoms with E-state index in [4.69, 9.17) is 0 Å². The average Bonchev–Trinajstić information content (AvgIpc) is 2.86. The van der Waals surface area contributed by atoms with Gasteiger partial charge in [-0.15, -0.1) is 0 Å². The van der Waals surface area contributed by atoms with E-state index in [1.807, 2.05) is 0 Å². The van der Waals surface area contributed by atoms with E-state index < -0.39 is 18.3 Å². The van der Waals surface area contributed by atoms with Crippen LogP contribution in [-0.2, 0) is 9.53 Å². The SMILES string of the molecule is O=C1N(CCOCC(F)(F)F)CNC12CCCC2. The van der Waals surface area contributed by atoms with Gasteiger partial charge in [0.1, 0.15) is 6.61 Å². The van der Waals surface area contributed by atoms with Gasteiger partial charge in [0.25, 0.3) is 0 Å². The third kappa shape index (κ3) is 2.95. The standard InChI is InChI=1S/C11H17F3N2O2/c12-11(13,14)7-18-6-5-16-8-15-10(9(16)17)3-1-2-4-10/h15H,1-8H2. The maximum atomic E-state index is 12.1. The number of amides is 1. The zero-order valence-corrected chi connectivity index (χ0v) is 10.1. The summed E-state index contributed by atoms with van der Waals surface area (Å²) < 4.78 is 40.1. The van der Waals surface area contributed by atoms with Crippen LogP contribution < -0.4 is 5.32 Å². The Kier molecular flexibility index (Phi) is 3.82. The van der Waals surface area contributed by atoms with Crippen molar-refractivity contribution in [1.82, 2.24) is 10.2 Å². The highest BCUT2D eigenvalue weighted by atomic mass is 19.4. The van der Waals surface area contributed by atoms with Gasteiger partial charge in [-0.2, -0.15) is 13.2 Å². The van der Waals surface area contributed by atoms with E-state index in [1.54, 1.807) is 4.90 Å². The van der Waals surface area contributed by atoms with Crippen LogP contribution in [0.3, 0.4) is 0 Å². The topological polar surface area (TPSA) is 41.6 Å². The molecule has 0 aromatic carbocycles. The summed E-state index contributed by atoms with van der Waals surface area (Å²) in [6.07, 6.45) is -0.605. The van der Waals surface area contributed by atoms with Crippen LogP contribution in [0.25, 0.3) is 0 Å². The number of ether oxygens (including phenoxy) is 1. The molecule has 0 unspecified atom stereocenters. The van der Waals surface area contributed by atoms with Crippen molar-refractivity contribution in [2.45, 2.75) is 37.4 Å². The summed E-state index contributed by atoms with van der Waals surface area (Å²) in [5, 5.41) is 3.19. The molecular weight excluding hydrogens is 249 g/mol. The lowest BCUT2D eigenvalue weighted by molar-refractivity contribution is -0.174. The van der Waals surface area contributed by atoms with Crippen LogP contribution in [0.2, 0.25) is 0 Å². The maximum absolute atomic E-state index is 12.1. The van der Waals surface area contributed by atoms with Crippen LogP contribution in [0.4, 0.5) is 13.2 Å². The first-order valence-corrected chi connectivity index (χ1v) is 6.12. The highest BCUT2D eigenvalue weighted by Gasteiger charge is 2.47. The second kappa shape index (κ2) is 5.05. The van der Waals surface area contributed by atoms with Gasteiger partial charge in [-0.3, -0.25) is 10.1 Å². The smallest absolute Gasteiger partial charge is 0.370 e. The van der Waals surface area contributed by atoms with Gasteiger partial charge in [-0.1, -0.05) is 12.8 Å². The van der Waals surface area contributed by atoms with Crippen molar-refractivity contribution in [3.8, 4) is 0 Å². The molecule has 2 rings (SSSR count). The van der Waals surface area contributed by atoms with E-state index >= 15 is 0 Å². The van der Waals surface area contributed by atoms with Crippen molar-refractivity contribution in [1.29, 1.82) is 0 Å². The number of alkyl halides is 3. The Bertz CT molecular complexity index is 314. The van der Waals surface area contributed by atoms with Crippen LogP contribution in [0.1, 0.15) is 25.7 Å². The highest BCUT2D eigenvalue weighted by molar-refractivity contribution is 5.88. The number of nitrogens with zero attached hydrogens (tertiary/aromatic N) is 1. The van der Waals surface area contributed by atoms with Crippen LogP contribution in [0.5, 0.6) is 0 Å². The minimum Gasteiger partial charge on any atom is -0.370 e. The summed E-state index contributed by atoms with van der Waals surface area (Å²) in [5.74, 6) is 0.00982. The van der Waals surface area contributed by atoms with E-state index in [1.165, 1.54) is 0 Å². The number of carbonyl (C=O) groups is 1. The van der Waals surface area contributed by atoms with Crippen LogP contribution in [0, 0.1) is 0 Å². The number of hydrogen-bond acceptors (Lipinski definition) is 3. The first-order valence-electron chi connectivity index (χ1n) is 6.12. The molecule has 104 valence electrons. The maximum Gasteiger partial charge on any atom is 0.411 e. The first-order chi connectivity index (χ1) is 8.43. The lowest BCUT2D eigenvalue weighted by atomic mass is 9.98. The summed E-state index contributed by atoms with van der Waals surface area (Å²) in [6, 6.07) is 0. The zero-order valence-electron chi connectivity index (χ0n) is 10.1. The summed E-state index contributed by atoms with van der Waals surface area (Å²) >= 11 is 0. The van der Waals surface area contributed by atoms with E-state index in [-0.39, 0.29) is 19.1 Å². The van der Waals surface area contributed by atoms with Crippen molar-refractivity contribution >= 4 is 5.91 Å². The Morgan fingerprint density at radius 3 is 2.61 bits per heavy atom. The van der Waals surface area contributed by atoms with Crippen molar-refractivity contribution in [2.24, 2.45) is 0 Å². The molecule has 1 N–H and O–H groups in total. The van der Waals surface area contributed by atoms with Crippen molar-refractivity contribution in [3.05, 3.63) is 0 Å². The Hall–Kier alpha value is -0.820. The van der Waals surface area contributed by atoms with E-state index in [9.17, 15) is 18.0 Å². The Balaban J connectivity index is 1.73. The molecule has 18 heavy (non-hydrogen) atoms. The molecule has 0 radical (unpaired) electrons. The lowest BCUT2D eigenvalue weighted by Gasteiger charge is -2.21. The molecule has 0 bridgehead atoms. The highest BCUT2D eigenvalue weighted by Crippen LogP contribution is 2.34. The molecule has 0 aromatic rings. The van der Waals surface area contributed by atoms with Crippen molar-refractivity contribution < 1.29 is 22.7 Å². The van der Waals surface area contributed by atoms with Gasteiger partial charge < -0.3 is 9.64 Å². The zero-order chi connectivity index (χ0) is 13.2. The van der Waals surface area contributed by atoms with Gasteiger partial charge in [0, 0.05) is 6.54 Å². The van der Waals surface area contributed by atoms with Gasteiger partial charge in [0.05, 0.1) is 18.8 Å². The summed E-state index contributed by atoms with van der Waals surface area (Å²) in [4.78, 5) is 13.6. The minimum absolute atomic E-state index is 0.00982. The second-order valence-corrected chi connectivity index (χ2v) is 4.86. The first kappa shape index (κ1) is 13.6. The molecule has 1 saturated heterocycles. The normalized spacial score (nSPS) is 23.3. The number of hydrogen-bond donors (Lipinski definition) is 1. The third-order valence-electron chi connectivity index (χ3n) is 3.53. The lowest BCUT2D eigenvalue weighted by Crippen LogP contribution is -2.44. The second-order valence-electron chi connectivity index (χ2n) is 4.86. The summed E-state index contributed by atoms with van der Waals surface area (Å²) in [7, 11) is 0. The van der Waals surface area contributed by atoms with Crippen LogP contribution in [-0.4, -0.2) is 48.9 Å². The third-order valence-corrected chi connectivity index (χ3v) is 3.53. The fraction of sp³-hybridized carbons (Fsp3) is 0.909. The summed E-state index contributed by atoms with van der Waals surface area (Å²) in [5.41, 5.74) is -0.440. The van der Waals surface area contributed by atoms with Gasteiger partial charge >= 0.3 is 6.18 Å². The van der Waals surface area contributed by atoms with Gasteiger partial charge in [-0.05, 0) is 12.8 Å². The average molecular weight is 266 g/mol. The number of nitrogens with one attached hydrogen (secondary N) is 1. The Morgan fingerprint density at radius 1 is 1.33 bits per heavy atom. The monoisotopic (exact) mass is 266 g/mol. The fourth-order valence-corrected chi connectivity index (χ4v) is 2.61. The largest absolute Gasteiger partial charge is 0.411 e. The van der Waals surface area contributed by atoms with Crippen LogP contribution >= 0.6 is 0 Å². The minimum atomic E-state index is -4.31. The van der Waals surface area contributed by atoms with E-state index in [0.717, 1.165) is 25.7 Å². The summed E-state index contributed by atoms with van der Waals surface area (Å²) in [6.45, 7) is -0.714. The van der Waals surface area contributed by atoms with Gasteiger partial charge in [-0.25, -0.2) is 0 Å². The number of carbonyl (C=O) groups excluding carboxylic acids is 1. The molecule has 2 aliphatic rings. The van der Waals surface area contributed by atoms with Crippen molar-refractivity contribution in [3.63, 3.8) is 0 Å². The van der Waals surface area contributed by atoms with Gasteiger partial charge in [0.2, 0.25) is 5.91 Å². The predicted octanol–water partition coefficient (Wildman–Crippen LogP) is 1.27. The van der Waals surface area contributed by atoms with E-state index in [0.29, 0.717) is 6.67 Å². The van der Waals surface area contributed by atoms with Gasteiger partial charge in [0.15, 0.2) is 0 Å². The fourth-order valence-electron chi connectivity index (χ4n) is 2.61. The molecule has 1 spiro atoms. The molecule has 0 aromatic heterocycles. The molecule has 0 atom stereocenters. The molecule has 1 aliphatic heterocycles. The molecule has 1 heterocycles. The Morgan fingerprint density at radius 2 is 2.00 bits per heavy atom. The molecule has 1 amide bonds. The molecule has 1 saturated carbocycles. The number of rotatable bonds is 4. The molecular formula is C11H17F3N2O2.